The van der Waals surface area contributed by atoms with Crippen molar-refractivity contribution in [3.05, 3.63) is 69.2 Å². The van der Waals surface area contributed by atoms with E-state index in [1.165, 1.54) is 0 Å². The highest BCUT2D eigenvalue weighted by atomic mass is 32.2. The lowest BCUT2D eigenvalue weighted by atomic mass is 10.2. The topological polar surface area (TPSA) is 110 Å². The van der Waals surface area contributed by atoms with Crippen LogP contribution in [0.4, 0.5) is 0 Å². The van der Waals surface area contributed by atoms with Gasteiger partial charge < -0.3 is 9.47 Å². The van der Waals surface area contributed by atoms with Crippen molar-refractivity contribution in [1.82, 2.24) is 29.7 Å². The predicted octanol–water partition coefficient (Wildman–Crippen LogP) is 5.79. The predicted molar refractivity (Wildman–Crippen MR) is 160 cm³/mol. The van der Waals surface area contributed by atoms with Crippen LogP contribution in [0.15, 0.2) is 69.0 Å². The number of benzene rings is 2. The molecule has 202 valence electrons. The lowest BCUT2D eigenvalue weighted by Gasteiger charge is -2.11. The molecule has 2 aromatic heterocycles. The van der Waals surface area contributed by atoms with Gasteiger partial charge in [0.25, 0.3) is 0 Å². The molecule has 1 aliphatic rings. The average Bonchev–Trinajstić information content (AvgIpc) is 3.49. The van der Waals surface area contributed by atoms with Crippen LogP contribution < -0.4 is 9.47 Å². The van der Waals surface area contributed by atoms with E-state index in [2.05, 4.69) is 30.6 Å². The van der Waals surface area contributed by atoms with E-state index >= 15 is 0 Å². The zero-order chi connectivity index (χ0) is 26.9. The van der Waals surface area contributed by atoms with Crippen LogP contribution in [0.1, 0.15) is 30.4 Å². The highest BCUT2D eigenvalue weighted by molar-refractivity contribution is 7.99. The van der Waals surface area contributed by atoms with Crippen LogP contribution in [0.5, 0.6) is 11.5 Å². The van der Waals surface area contributed by atoms with Crippen molar-refractivity contribution in [2.24, 2.45) is 10.2 Å². The Morgan fingerprint density at radius 1 is 0.667 bits per heavy atom. The maximum absolute atomic E-state index is 6.06. The Kier molecular flexibility index (Phi) is 9.64. The summed E-state index contributed by atoms with van der Waals surface area (Å²) in [6, 6.07) is 15.5. The van der Waals surface area contributed by atoms with Crippen LogP contribution in [0.25, 0.3) is 0 Å². The number of aromatic nitrogens is 6. The highest BCUT2D eigenvalue weighted by Gasteiger charge is 2.09. The SMILES string of the molecule is S=c1[nH]nc2n1/N=C/c1ccccc1OCCCOc1ccccc1/C=N/n1c(n[nH]c1=S)SCCCCS2. The highest BCUT2D eigenvalue weighted by Crippen LogP contribution is 2.22. The largest absolute Gasteiger partial charge is 0.493 e. The van der Waals surface area contributed by atoms with Crippen molar-refractivity contribution in [3.8, 4) is 11.5 Å². The summed E-state index contributed by atoms with van der Waals surface area (Å²) in [5.74, 6) is 3.22. The van der Waals surface area contributed by atoms with Crippen LogP contribution in [-0.4, -0.2) is 66.9 Å². The molecule has 0 unspecified atom stereocenters. The fourth-order valence-corrected chi connectivity index (χ4v) is 5.85. The van der Waals surface area contributed by atoms with Gasteiger partial charge in [-0.05, 0) is 61.5 Å². The van der Waals surface area contributed by atoms with E-state index in [1.807, 2.05) is 48.5 Å². The minimum absolute atomic E-state index is 0.439. The number of hydrogen-bond donors (Lipinski definition) is 2. The maximum atomic E-state index is 6.06. The summed E-state index contributed by atoms with van der Waals surface area (Å²) in [5, 5.41) is 25.0. The Labute approximate surface area is 243 Å². The molecule has 0 saturated heterocycles. The van der Waals surface area contributed by atoms with E-state index in [9.17, 15) is 0 Å². The quantitative estimate of drug-likeness (QED) is 0.245. The van der Waals surface area contributed by atoms with Gasteiger partial charge in [-0.1, -0.05) is 47.8 Å². The molecular weight excluding hydrogens is 573 g/mol. The van der Waals surface area contributed by atoms with Crippen molar-refractivity contribution < 1.29 is 9.47 Å². The van der Waals surface area contributed by atoms with E-state index in [-0.39, 0.29) is 0 Å². The van der Waals surface area contributed by atoms with Gasteiger partial charge in [-0.2, -0.15) is 19.6 Å². The number of thioether (sulfide) groups is 2. The number of nitrogens with zero attached hydrogens (tertiary/aromatic N) is 6. The zero-order valence-electron chi connectivity index (χ0n) is 20.9. The fraction of sp³-hybridized carbons (Fsp3) is 0.280. The molecule has 2 N–H and O–H groups in total. The van der Waals surface area contributed by atoms with Gasteiger partial charge in [0.15, 0.2) is 0 Å². The van der Waals surface area contributed by atoms with Gasteiger partial charge >= 0.3 is 0 Å². The van der Waals surface area contributed by atoms with Gasteiger partial charge in [-0.25, -0.2) is 10.2 Å². The first-order chi connectivity index (χ1) is 19.2. The molecule has 0 spiro atoms. The monoisotopic (exact) mass is 598 g/mol. The summed E-state index contributed by atoms with van der Waals surface area (Å²) in [5.41, 5.74) is 1.70. The second kappa shape index (κ2) is 13.7. The number of aromatic amines is 2. The molecule has 0 saturated carbocycles. The Morgan fingerprint density at radius 3 is 1.62 bits per heavy atom. The molecule has 14 heteroatoms. The molecule has 2 aromatic carbocycles. The average molecular weight is 599 g/mol. The first-order valence-corrected chi connectivity index (χ1v) is 15.1. The summed E-state index contributed by atoms with van der Waals surface area (Å²) >= 11 is 14.0. The van der Waals surface area contributed by atoms with Crippen LogP contribution in [-0.2, 0) is 0 Å². The Hall–Kier alpha value is -3.20. The molecule has 3 heterocycles. The van der Waals surface area contributed by atoms with Crippen molar-refractivity contribution in [3.63, 3.8) is 0 Å². The van der Waals surface area contributed by atoms with E-state index in [0.29, 0.717) is 39.5 Å². The minimum Gasteiger partial charge on any atom is -0.493 e. The van der Waals surface area contributed by atoms with Crippen LogP contribution in [0, 0.1) is 9.54 Å². The zero-order valence-corrected chi connectivity index (χ0v) is 24.1. The number of fused-ring (bicyclic) bond motifs is 4. The summed E-state index contributed by atoms with van der Waals surface area (Å²) < 4.78 is 16.3. The Morgan fingerprint density at radius 2 is 1.13 bits per heavy atom. The first-order valence-electron chi connectivity index (χ1n) is 12.3. The third kappa shape index (κ3) is 7.26. The van der Waals surface area contributed by atoms with Crippen molar-refractivity contribution in [1.29, 1.82) is 0 Å². The number of rotatable bonds is 0. The maximum Gasteiger partial charge on any atom is 0.217 e. The van der Waals surface area contributed by atoms with Gasteiger partial charge in [0.1, 0.15) is 11.5 Å². The van der Waals surface area contributed by atoms with Crippen LogP contribution in [0.3, 0.4) is 0 Å². The smallest absolute Gasteiger partial charge is 0.217 e. The molecule has 5 rings (SSSR count). The number of para-hydroxylation sites is 2. The molecule has 4 aromatic rings. The van der Waals surface area contributed by atoms with Gasteiger partial charge in [0.05, 0.1) is 25.6 Å². The van der Waals surface area contributed by atoms with E-state index in [0.717, 1.165) is 47.0 Å². The number of hydrogen-bond acceptors (Lipinski definition) is 10. The normalized spacial score (nSPS) is 16.8. The second-order valence-electron chi connectivity index (χ2n) is 8.27. The van der Waals surface area contributed by atoms with Crippen LogP contribution >= 0.6 is 48.0 Å². The number of nitrogens with one attached hydrogen (secondary N) is 2. The molecule has 0 amide bonds. The van der Waals surface area contributed by atoms with Crippen molar-refractivity contribution in [2.45, 2.75) is 29.6 Å². The molecule has 0 radical (unpaired) electrons. The molecular formula is C25H26N8O2S4. The molecule has 10 nitrogen and oxygen atoms in total. The number of H-pyrrole nitrogens is 2. The third-order valence-electron chi connectivity index (χ3n) is 5.51. The third-order valence-corrected chi connectivity index (χ3v) is 8.07. The molecule has 1 aliphatic heterocycles. The van der Waals surface area contributed by atoms with Crippen molar-refractivity contribution >= 4 is 60.4 Å². The molecule has 39 heavy (non-hydrogen) atoms. The molecule has 0 atom stereocenters. The summed E-state index contributed by atoms with van der Waals surface area (Å²) in [4.78, 5) is 0. The minimum atomic E-state index is 0.439. The van der Waals surface area contributed by atoms with Gasteiger partial charge in [0.2, 0.25) is 19.9 Å². The molecule has 0 aliphatic carbocycles. The lowest BCUT2D eigenvalue weighted by Crippen LogP contribution is -2.07. The first kappa shape index (κ1) is 27.4. The summed E-state index contributed by atoms with van der Waals surface area (Å²) in [6.07, 6.45) is 6.15. The van der Waals surface area contributed by atoms with E-state index in [1.54, 1.807) is 45.3 Å². The Balaban J connectivity index is 1.36. The van der Waals surface area contributed by atoms with Crippen molar-refractivity contribution in [2.75, 3.05) is 24.7 Å². The molecule has 0 bridgehead atoms. The van der Waals surface area contributed by atoms with E-state index in [4.69, 9.17) is 33.9 Å². The van der Waals surface area contributed by atoms with Gasteiger partial charge in [-0.15, -0.1) is 10.2 Å². The molecule has 0 fully saturated rings. The lowest BCUT2D eigenvalue weighted by molar-refractivity contribution is 0.247. The standard InChI is InChI=1S/C25H26N8O2S4/c36-22-28-30-24-32(22)26-16-18-8-1-3-10-20(18)34-12-7-13-35-21-11-4-2-9-19(21)17-27-33-23(37)29-31-25(33)39-15-6-5-14-38-24/h1-4,8-11,16-17H,5-7,12-15H2,(H,28,36)(H,29,37)/b26-16+,27-17+. The van der Waals surface area contributed by atoms with Gasteiger partial charge in [0, 0.05) is 29.1 Å². The second-order valence-corrected chi connectivity index (χ2v) is 11.2. The number of ether oxygens (including phenoxy) is 2. The Bertz CT molecular complexity index is 1460. The summed E-state index contributed by atoms with van der Waals surface area (Å²) in [7, 11) is 0. The van der Waals surface area contributed by atoms with Crippen LogP contribution in [0.2, 0.25) is 0 Å². The van der Waals surface area contributed by atoms with Gasteiger partial charge in [-0.3, -0.25) is 0 Å². The van der Waals surface area contributed by atoms with E-state index < -0.39 is 0 Å². The summed E-state index contributed by atoms with van der Waals surface area (Å²) in [6.45, 7) is 0.968. The fourth-order valence-electron chi connectivity index (χ4n) is 3.58.